The van der Waals surface area contributed by atoms with Crippen LogP contribution < -0.4 is 11.1 Å². The fourth-order valence-electron chi connectivity index (χ4n) is 3.50. The number of aromatic nitrogens is 4. The summed E-state index contributed by atoms with van der Waals surface area (Å²) in [6.45, 7) is 1.20. The van der Waals surface area contributed by atoms with Gasteiger partial charge in [-0.05, 0) is 36.8 Å². The fourth-order valence-corrected chi connectivity index (χ4v) is 3.50. The predicted molar refractivity (Wildman–Crippen MR) is 118 cm³/mol. The van der Waals surface area contributed by atoms with E-state index in [1.54, 1.807) is 0 Å². The number of nitrogens with zero attached hydrogens (tertiary/aromatic N) is 5. The normalized spacial score (nSPS) is 11.3. The molecule has 2 amide bonds. The molecule has 0 aliphatic carbocycles. The number of hydrogen-bond donors (Lipinski definition) is 2. The maximum absolute atomic E-state index is 13.8. The summed E-state index contributed by atoms with van der Waals surface area (Å²) in [5.41, 5.74) is 3.30. The summed E-state index contributed by atoms with van der Waals surface area (Å²) in [6.07, 6.45) is -3.59. The molecule has 0 saturated heterocycles. The van der Waals surface area contributed by atoms with Crippen LogP contribution in [0.5, 0.6) is 0 Å². The molecule has 3 heterocycles. The first kappa shape index (κ1) is 24.3. The minimum absolute atomic E-state index is 0.0259. The summed E-state index contributed by atoms with van der Waals surface area (Å²) >= 11 is 0. The number of rotatable bonds is 5. The minimum Gasteiger partial charge on any atom is -0.366 e. The molecule has 1 aromatic carbocycles. The van der Waals surface area contributed by atoms with Crippen LogP contribution in [0.1, 0.15) is 43.5 Å². The van der Waals surface area contributed by atoms with E-state index in [1.807, 2.05) is 6.07 Å². The Morgan fingerprint density at radius 3 is 2.56 bits per heavy atom. The van der Waals surface area contributed by atoms with Crippen LogP contribution in [0.25, 0.3) is 10.9 Å². The maximum Gasteiger partial charge on any atom is 0.437 e. The third kappa shape index (κ3) is 4.69. The van der Waals surface area contributed by atoms with Crippen molar-refractivity contribution in [3.8, 4) is 6.07 Å². The number of alkyl halides is 3. The van der Waals surface area contributed by atoms with Crippen molar-refractivity contribution >= 4 is 28.4 Å². The molecular formula is C23H15F4N7O2. The zero-order chi connectivity index (χ0) is 26.2. The SMILES string of the molecule is Cc1c(NC(=O)c2cc(C(N)=O)c3ccc(F)cc3n2)c(C(F)(F)F)nn1Cc1ccc(C#N)nc1. The molecule has 0 spiro atoms. The van der Waals surface area contributed by atoms with Crippen molar-refractivity contribution in [2.75, 3.05) is 5.32 Å². The van der Waals surface area contributed by atoms with Crippen molar-refractivity contribution in [3.05, 3.63) is 82.3 Å². The van der Waals surface area contributed by atoms with Crippen LogP contribution in [0, 0.1) is 24.1 Å². The van der Waals surface area contributed by atoms with Crippen LogP contribution in [0.2, 0.25) is 0 Å². The number of carbonyl (C=O) groups excluding carboxylic acids is 2. The number of pyridine rings is 2. The average Bonchev–Trinajstić information content (AvgIpc) is 3.13. The molecule has 3 N–H and O–H groups in total. The van der Waals surface area contributed by atoms with E-state index in [0.29, 0.717) is 5.56 Å². The van der Waals surface area contributed by atoms with E-state index in [1.165, 1.54) is 31.3 Å². The lowest BCUT2D eigenvalue weighted by atomic mass is 10.1. The second-order valence-corrected chi connectivity index (χ2v) is 7.66. The number of amides is 2. The van der Waals surface area contributed by atoms with Gasteiger partial charge in [0.2, 0.25) is 5.91 Å². The zero-order valence-corrected chi connectivity index (χ0v) is 18.4. The Kier molecular flexibility index (Phi) is 6.11. The standard InChI is InChI=1S/C23H15F4N7O2/c1-11-19(20(23(25,26)27)33-34(11)10-12-2-4-14(8-28)30-9-12)32-22(36)18-7-16(21(29)35)15-5-3-13(24)6-17(15)31-18/h2-7,9H,10H2,1H3,(H2,29,35)(H,32,36). The van der Waals surface area contributed by atoms with Gasteiger partial charge in [-0.3, -0.25) is 14.3 Å². The lowest BCUT2D eigenvalue weighted by Gasteiger charge is -2.11. The van der Waals surface area contributed by atoms with Crippen LogP contribution in [-0.4, -0.2) is 31.6 Å². The number of primary amides is 1. The Balaban J connectivity index is 1.73. The van der Waals surface area contributed by atoms with Crippen molar-refractivity contribution in [3.63, 3.8) is 0 Å². The summed E-state index contributed by atoms with van der Waals surface area (Å²) in [4.78, 5) is 32.7. The highest BCUT2D eigenvalue weighted by Gasteiger charge is 2.39. The highest BCUT2D eigenvalue weighted by atomic mass is 19.4. The number of halogens is 4. The van der Waals surface area contributed by atoms with Gasteiger partial charge in [-0.25, -0.2) is 14.4 Å². The Hall–Kier alpha value is -4.86. The number of benzene rings is 1. The monoisotopic (exact) mass is 497 g/mol. The van der Waals surface area contributed by atoms with Gasteiger partial charge < -0.3 is 11.1 Å². The van der Waals surface area contributed by atoms with Crippen LogP contribution in [-0.2, 0) is 12.7 Å². The topological polar surface area (TPSA) is 140 Å². The molecule has 0 unspecified atom stereocenters. The van der Waals surface area contributed by atoms with Gasteiger partial charge in [0.05, 0.1) is 29.0 Å². The average molecular weight is 497 g/mol. The second-order valence-electron chi connectivity index (χ2n) is 7.66. The van der Waals surface area contributed by atoms with Crippen LogP contribution in [0.4, 0.5) is 23.2 Å². The largest absolute Gasteiger partial charge is 0.437 e. The Bertz CT molecular complexity index is 1550. The molecule has 13 heteroatoms. The van der Waals surface area contributed by atoms with Gasteiger partial charge in [0.25, 0.3) is 5.91 Å². The lowest BCUT2D eigenvalue weighted by Crippen LogP contribution is -2.19. The molecule has 36 heavy (non-hydrogen) atoms. The Labute approximate surface area is 200 Å². The van der Waals surface area contributed by atoms with Crippen LogP contribution >= 0.6 is 0 Å². The predicted octanol–water partition coefficient (Wildman–Crippen LogP) is 3.56. The summed E-state index contributed by atoms with van der Waals surface area (Å²) in [6, 6.07) is 9.09. The highest BCUT2D eigenvalue weighted by Crippen LogP contribution is 2.36. The van der Waals surface area contributed by atoms with Gasteiger partial charge in [-0.2, -0.15) is 23.5 Å². The summed E-state index contributed by atoms with van der Waals surface area (Å²) in [7, 11) is 0. The summed E-state index contributed by atoms with van der Waals surface area (Å²) < 4.78 is 56.0. The number of nitriles is 1. The molecule has 4 aromatic rings. The highest BCUT2D eigenvalue weighted by molar-refractivity contribution is 6.10. The number of anilines is 1. The van der Waals surface area contributed by atoms with E-state index in [0.717, 1.165) is 22.9 Å². The second kappa shape index (κ2) is 9.06. The van der Waals surface area contributed by atoms with Gasteiger partial charge in [-0.15, -0.1) is 0 Å². The first-order valence-electron chi connectivity index (χ1n) is 10.2. The van der Waals surface area contributed by atoms with E-state index in [9.17, 15) is 27.2 Å². The van der Waals surface area contributed by atoms with E-state index < -0.39 is 40.9 Å². The van der Waals surface area contributed by atoms with Crippen molar-refractivity contribution in [1.29, 1.82) is 5.26 Å². The smallest absolute Gasteiger partial charge is 0.366 e. The maximum atomic E-state index is 13.8. The van der Waals surface area contributed by atoms with Gasteiger partial charge in [-0.1, -0.05) is 6.07 Å². The molecule has 0 aliphatic rings. The molecular weight excluding hydrogens is 482 g/mol. The van der Waals surface area contributed by atoms with Gasteiger partial charge in [0.1, 0.15) is 23.3 Å². The molecule has 0 atom stereocenters. The molecule has 0 saturated carbocycles. The number of hydrogen-bond acceptors (Lipinski definition) is 6. The molecule has 0 bridgehead atoms. The molecule has 182 valence electrons. The van der Waals surface area contributed by atoms with Crippen LogP contribution in [0.3, 0.4) is 0 Å². The minimum atomic E-state index is -4.92. The fraction of sp³-hybridized carbons (Fsp3) is 0.130. The number of nitrogens with two attached hydrogens (primary N) is 1. The number of nitrogens with one attached hydrogen (secondary N) is 1. The van der Waals surface area contributed by atoms with Gasteiger partial charge in [0, 0.05) is 17.6 Å². The van der Waals surface area contributed by atoms with E-state index in [4.69, 9.17) is 11.0 Å². The Morgan fingerprint density at radius 1 is 1.19 bits per heavy atom. The summed E-state index contributed by atoms with van der Waals surface area (Å²) in [5.74, 6) is -2.72. The first-order valence-corrected chi connectivity index (χ1v) is 10.2. The molecule has 9 nitrogen and oxygen atoms in total. The zero-order valence-electron chi connectivity index (χ0n) is 18.4. The Morgan fingerprint density at radius 2 is 1.94 bits per heavy atom. The van der Waals surface area contributed by atoms with Crippen molar-refractivity contribution in [1.82, 2.24) is 19.7 Å². The van der Waals surface area contributed by atoms with Crippen LogP contribution in [0.15, 0.2) is 42.6 Å². The molecule has 3 aromatic heterocycles. The number of carbonyl (C=O) groups is 2. The van der Waals surface area contributed by atoms with Gasteiger partial charge >= 0.3 is 6.18 Å². The molecule has 4 rings (SSSR count). The van der Waals surface area contributed by atoms with Crippen molar-refractivity contribution in [2.24, 2.45) is 5.73 Å². The summed E-state index contributed by atoms with van der Waals surface area (Å²) in [5, 5.41) is 14.8. The number of fused-ring (bicyclic) bond motifs is 1. The van der Waals surface area contributed by atoms with E-state index in [2.05, 4.69) is 20.4 Å². The molecule has 0 aliphatic heterocycles. The van der Waals surface area contributed by atoms with Crippen molar-refractivity contribution in [2.45, 2.75) is 19.6 Å². The third-order valence-corrected chi connectivity index (χ3v) is 5.26. The van der Waals surface area contributed by atoms with E-state index in [-0.39, 0.29) is 34.4 Å². The van der Waals surface area contributed by atoms with Gasteiger partial charge in [0.15, 0.2) is 5.69 Å². The van der Waals surface area contributed by atoms with E-state index >= 15 is 0 Å². The van der Waals surface area contributed by atoms with Crippen molar-refractivity contribution < 1.29 is 27.2 Å². The molecule has 0 fully saturated rings. The lowest BCUT2D eigenvalue weighted by molar-refractivity contribution is -0.140. The molecule has 0 radical (unpaired) electrons. The first-order chi connectivity index (χ1) is 17.0. The third-order valence-electron chi connectivity index (χ3n) is 5.26. The quantitative estimate of drug-likeness (QED) is 0.404.